The van der Waals surface area contributed by atoms with Crippen LogP contribution < -0.4 is 4.74 Å². The molecule has 1 atom stereocenters. The van der Waals surface area contributed by atoms with Gasteiger partial charge in [0.25, 0.3) is 0 Å². The molecule has 2 aliphatic carbocycles. The Morgan fingerprint density at radius 1 is 0.814 bits per heavy atom. The first-order valence-electron chi connectivity index (χ1n) is 18.3. The molecule has 0 N–H and O–H groups in total. The van der Waals surface area contributed by atoms with Gasteiger partial charge in [-0.1, -0.05) is 109 Å². The second-order valence-electron chi connectivity index (χ2n) is 14.5. The van der Waals surface area contributed by atoms with Crippen LogP contribution in [0.25, 0.3) is 11.1 Å². The van der Waals surface area contributed by atoms with Crippen LogP contribution in [-0.2, 0) is 4.79 Å². The van der Waals surface area contributed by atoms with E-state index in [2.05, 4.69) is 58.9 Å². The predicted molar refractivity (Wildman–Crippen MR) is 184 cm³/mol. The topological polar surface area (TPSA) is 26.3 Å². The van der Waals surface area contributed by atoms with Crippen LogP contribution in [0, 0.1) is 31.1 Å². The lowest BCUT2D eigenvalue weighted by atomic mass is 9.58. The van der Waals surface area contributed by atoms with E-state index in [1.54, 1.807) is 0 Å². The summed E-state index contributed by atoms with van der Waals surface area (Å²) >= 11 is 0. The lowest BCUT2D eigenvalue weighted by molar-refractivity contribution is -0.134. The summed E-state index contributed by atoms with van der Waals surface area (Å²) in [6.45, 7) is 11.5. The molecule has 2 saturated carbocycles. The number of benzene rings is 2. The summed E-state index contributed by atoms with van der Waals surface area (Å²) in [5, 5.41) is 0. The van der Waals surface area contributed by atoms with E-state index < -0.39 is 0 Å². The normalized spacial score (nSPS) is 21.0. The number of esters is 1. The van der Waals surface area contributed by atoms with Crippen molar-refractivity contribution in [2.75, 3.05) is 0 Å². The van der Waals surface area contributed by atoms with Gasteiger partial charge in [-0.3, -0.25) is 4.79 Å². The Bertz CT molecular complexity index is 1130. The molecular weight excluding hydrogens is 524 g/mol. The number of hydrogen-bond donors (Lipinski definition) is 0. The van der Waals surface area contributed by atoms with Gasteiger partial charge in [-0.2, -0.15) is 0 Å². The lowest BCUT2D eigenvalue weighted by Crippen LogP contribution is -2.36. The average Bonchev–Trinajstić information content (AvgIpc) is 3.01. The third-order valence-corrected chi connectivity index (χ3v) is 11.5. The second-order valence-corrected chi connectivity index (χ2v) is 14.5. The van der Waals surface area contributed by atoms with Crippen LogP contribution in [0.3, 0.4) is 0 Å². The molecule has 2 nitrogen and oxygen atoms in total. The highest BCUT2D eigenvalue weighted by molar-refractivity contribution is 5.74. The smallest absolute Gasteiger partial charge is 0.311 e. The minimum Gasteiger partial charge on any atom is -0.427 e. The maximum Gasteiger partial charge on any atom is 0.311 e. The van der Waals surface area contributed by atoms with Gasteiger partial charge in [0.05, 0.1) is 0 Å². The van der Waals surface area contributed by atoms with Gasteiger partial charge in [0.2, 0.25) is 0 Å². The highest BCUT2D eigenvalue weighted by Gasteiger charge is 2.41. The van der Waals surface area contributed by atoms with E-state index in [1.165, 1.54) is 125 Å². The van der Waals surface area contributed by atoms with Gasteiger partial charge < -0.3 is 4.74 Å². The first kappa shape index (κ1) is 33.8. The maximum absolute atomic E-state index is 12.3. The minimum absolute atomic E-state index is 0.114. The standard InChI is InChI=1S/C41H62O2/c1-6-8-10-11-13-17-40(42)43-37-23-25-39(32(4)30-37)35-20-24-38(31(3)29-35)33(5)34-18-21-36(22-19-34)41(26-14-9-7-2)27-15-12-16-28-41/h20,23-25,29-30,33-34,36H,6-19,21-22,26-28H2,1-5H3. The van der Waals surface area contributed by atoms with Crippen LogP contribution in [0.1, 0.15) is 165 Å². The molecule has 0 spiro atoms. The van der Waals surface area contributed by atoms with Crippen molar-refractivity contribution in [3.8, 4) is 16.9 Å². The molecule has 0 bridgehead atoms. The largest absolute Gasteiger partial charge is 0.427 e. The zero-order chi connectivity index (χ0) is 30.7. The van der Waals surface area contributed by atoms with Crippen molar-refractivity contribution in [2.45, 2.75) is 163 Å². The zero-order valence-corrected chi connectivity index (χ0v) is 28.4. The summed E-state index contributed by atoms with van der Waals surface area (Å²) in [7, 11) is 0. The molecule has 238 valence electrons. The molecule has 2 aromatic rings. The van der Waals surface area contributed by atoms with Gasteiger partial charge in [-0.25, -0.2) is 0 Å². The van der Waals surface area contributed by atoms with Gasteiger partial charge in [0, 0.05) is 6.42 Å². The molecule has 0 heterocycles. The minimum atomic E-state index is -0.114. The number of aryl methyl sites for hydroxylation is 2. The Balaban J connectivity index is 1.34. The van der Waals surface area contributed by atoms with Crippen molar-refractivity contribution in [1.82, 2.24) is 0 Å². The van der Waals surface area contributed by atoms with Crippen LogP contribution in [0.5, 0.6) is 5.75 Å². The number of carbonyl (C=O) groups excluding carboxylic acids is 1. The maximum atomic E-state index is 12.3. The molecule has 0 aliphatic heterocycles. The summed E-state index contributed by atoms with van der Waals surface area (Å²) in [6.07, 6.45) is 25.0. The Morgan fingerprint density at radius 3 is 2.19 bits per heavy atom. The fraction of sp³-hybridized carbons (Fsp3) is 0.683. The van der Waals surface area contributed by atoms with Crippen LogP contribution in [-0.4, -0.2) is 5.97 Å². The molecule has 4 rings (SSSR count). The summed E-state index contributed by atoms with van der Waals surface area (Å²) < 4.78 is 5.67. The van der Waals surface area contributed by atoms with Crippen molar-refractivity contribution in [3.05, 3.63) is 53.1 Å². The second kappa shape index (κ2) is 16.8. The molecule has 0 amide bonds. The van der Waals surface area contributed by atoms with E-state index in [0.717, 1.165) is 30.2 Å². The molecule has 0 saturated heterocycles. The predicted octanol–water partition coefficient (Wildman–Crippen LogP) is 12.7. The van der Waals surface area contributed by atoms with Gasteiger partial charge in [-0.15, -0.1) is 0 Å². The van der Waals surface area contributed by atoms with Crippen LogP contribution in [0.4, 0.5) is 0 Å². The first-order valence-corrected chi connectivity index (χ1v) is 18.3. The van der Waals surface area contributed by atoms with Crippen molar-refractivity contribution >= 4 is 5.97 Å². The summed E-state index contributed by atoms with van der Waals surface area (Å²) in [4.78, 5) is 12.3. The van der Waals surface area contributed by atoms with E-state index in [4.69, 9.17) is 4.74 Å². The average molecular weight is 587 g/mol. The Morgan fingerprint density at radius 2 is 1.51 bits per heavy atom. The third kappa shape index (κ3) is 9.21. The first-order chi connectivity index (χ1) is 20.9. The molecule has 43 heavy (non-hydrogen) atoms. The van der Waals surface area contributed by atoms with E-state index in [9.17, 15) is 4.79 Å². The molecule has 2 aliphatic rings. The molecule has 1 unspecified atom stereocenters. The number of ether oxygens (including phenoxy) is 1. The third-order valence-electron chi connectivity index (χ3n) is 11.5. The highest BCUT2D eigenvalue weighted by atomic mass is 16.5. The quantitative estimate of drug-likeness (QED) is 0.118. The Kier molecular flexibility index (Phi) is 13.2. The SMILES string of the molecule is CCCCCCCC(=O)Oc1ccc(-c2ccc(C(C)C3CCC(C4(CCCCC)CCCCC4)CC3)c(C)c2)c(C)c1. The van der Waals surface area contributed by atoms with Gasteiger partial charge in [-0.05, 0) is 128 Å². The monoisotopic (exact) mass is 586 g/mol. The molecule has 0 radical (unpaired) electrons. The van der Waals surface area contributed by atoms with E-state index in [-0.39, 0.29) is 5.97 Å². The van der Waals surface area contributed by atoms with Crippen LogP contribution >= 0.6 is 0 Å². The van der Waals surface area contributed by atoms with Crippen molar-refractivity contribution in [2.24, 2.45) is 17.3 Å². The Labute approximate surface area is 264 Å². The molecule has 2 aromatic carbocycles. The lowest BCUT2D eigenvalue weighted by Gasteiger charge is -2.47. The van der Waals surface area contributed by atoms with Gasteiger partial charge >= 0.3 is 5.97 Å². The van der Waals surface area contributed by atoms with Crippen molar-refractivity contribution < 1.29 is 9.53 Å². The number of rotatable bonds is 15. The van der Waals surface area contributed by atoms with Gasteiger partial charge in [0.1, 0.15) is 5.75 Å². The fourth-order valence-electron chi connectivity index (χ4n) is 8.76. The molecule has 2 fully saturated rings. The summed E-state index contributed by atoms with van der Waals surface area (Å²) in [5.41, 5.74) is 7.25. The molecule has 2 heteroatoms. The Hall–Kier alpha value is -2.09. The van der Waals surface area contributed by atoms with Gasteiger partial charge in [0.15, 0.2) is 0 Å². The summed E-state index contributed by atoms with van der Waals surface area (Å²) in [6, 6.07) is 13.2. The zero-order valence-electron chi connectivity index (χ0n) is 28.4. The van der Waals surface area contributed by atoms with E-state index >= 15 is 0 Å². The van der Waals surface area contributed by atoms with Crippen molar-refractivity contribution in [1.29, 1.82) is 0 Å². The van der Waals surface area contributed by atoms with Crippen LogP contribution in [0.15, 0.2) is 36.4 Å². The highest BCUT2D eigenvalue weighted by Crippen LogP contribution is 2.53. The number of hydrogen-bond acceptors (Lipinski definition) is 2. The molecular formula is C41H62O2. The van der Waals surface area contributed by atoms with E-state index in [1.807, 2.05) is 12.1 Å². The van der Waals surface area contributed by atoms with Crippen molar-refractivity contribution in [3.63, 3.8) is 0 Å². The fourth-order valence-corrected chi connectivity index (χ4v) is 8.76. The summed E-state index contributed by atoms with van der Waals surface area (Å²) in [5.74, 6) is 2.93. The molecule has 0 aromatic heterocycles. The van der Waals surface area contributed by atoms with E-state index in [0.29, 0.717) is 23.5 Å². The number of carbonyl (C=O) groups is 1. The number of unbranched alkanes of at least 4 members (excludes halogenated alkanes) is 6. The van der Waals surface area contributed by atoms with Crippen LogP contribution in [0.2, 0.25) is 0 Å².